The van der Waals surface area contributed by atoms with Crippen LogP contribution in [0.2, 0.25) is 0 Å². The average Bonchev–Trinajstić information content (AvgIpc) is 2.24. The second-order valence-electron chi connectivity index (χ2n) is 3.72. The van der Waals surface area contributed by atoms with Crippen molar-refractivity contribution in [1.82, 2.24) is 0 Å². The molecule has 0 spiro atoms. The second-order valence-corrected chi connectivity index (χ2v) is 14.3. The molecule has 0 bridgehead atoms. The van der Waals surface area contributed by atoms with Gasteiger partial charge in [-0.25, -0.2) is 4.79 Å². The molecule has 0 aliphatic carbocycles. The third-order valence-corrected chi connectivity index (χ3v) is 6.98. The Bertz CT molecular complexity index is 247. The Labute approximate surface area is 137 Å². The molecular weight excluding hydrogens is 503 g/mol. The fourth-order valence-corrected chi connectivity index (χ4v) is 6.05. The van der Waals surface area contributed by atoms with E-state index in [0.717, 1.165) is 25.2 Å². The summed E-state index contributed by atoms with van der Waals surface area (Å²) in [6.07, 6.45) is 4.91. The van der Waals surface area contributed by atoms with Crippen LogP contribution in [-0.2, 0) is 9.32 Å². The van der Waals surface area contributed by atoms with Crippen LogP contribution in [0.3, 0.4) is 0 Å². The molecule has 0 fully saturated rings. The fourth-order valence-electron chi connectivity index (χ4n) is 1.20. The molecule has 0 aliphatic heterocycles. The van der Waals surface area contributed by atoms with Crippen LogP contribution in [0.25, 0.3) is 0 Å². The summed E-state index contributed by atoms with van der Waals surface area (Å²) >= 11 is 13.8. The molecule has 100 valence electrons. The first-order valence-corrected chi connectivity index (χ1v) is 11.2. The lowest BCUT2D eigenvalue weighted by Crippen LogP contribution is -2.13. The number of hydrogen-bond donors (Lipinski definition) is 0. The van der Waals surface area contributed by atoms with E-state index in [9.17, 15) is 4.79 Å². The van der Waals surface area contributed by atoms with Crippen LogP contribution in [0.5, 0.6) is 0 Å². The molecule has 0 aliphatic rings. The molecule has 0 rings (SSSR count). The Balaban J connectivity index is 4.43. The van der Waals surface area contributed by atoms with Crippen molar-refractivity contribution in [2.24, 2.45) is 0 Å². The highest BCUT2D eigenvalue weighted by atomic mass is 79.9. The first kappa shape index (κ1) is 18.6. The van der Waals surface area contributed by atoms with Crippen molar-refractivity contribution in [3.05, 3.63) is 12.7 Å². The van der Waals surface area contributed by atoms with Gasteiger partial charge >= 0.3 is 5.97 Å². The lowest BCUT2D eigenvalue weighted by atomic mass is 10.6. The maximum absolute atomic E-state index is 11.4. The zero-order valence-electron chi connectivity index (χ0n) is 9.54. The van der Waals surface area contributed by atoms with Crippen molar-refractivity contribution in [2.75, 3.05) is 19.0 Å². The van der Waals surface area contributed by atoms with E-state index >= 15 is 0 Å². The molecule has 17 heavy (non-hydrogen) atoms. The van der Waals surface area contributed by atoms with E-state index in [2.05, 4.69) is 77.0 Å². The minimum absolute atomic E-state index is 0.264. The molecule has 2 nitrogen and oxygen atoms in total. The van der Waals surface area contributed by atoms with E-state index < -0.39 is 7.49 Å². The highest BCUT2D eigenvalue weighted by Gasteiger charge is 2.37. The van der Waals surface area contributed by atoms with Gasteiger partial charge in [-0.2, -0.15) is 0 Å². The molecule has 0 heterocycles. The Morgan fingerprint density at radius 1 is 1.24 bits per heavy atom. The predicted molar refractivity (Wildman–Crippen MR) is 91.4 cm³/mol. The molecule has 0 saturated carbocycles. The van der Waals surface area contributed by atoms with Gasteiger partial charge in [0.1, 0.15) is 0 Å². The molecular formula is C10H16Br4O2P+. The van der Waals surface area contributed by atoms with Crippen LogP contribution >= 0.6 is 71.2 Å². The van der Waals surface area contributed by atoms with Crippen LogP contribution in [0.4, 0.5) is 0 Å². The van der Waals surface area contributed by atoms with E-state index in [1.165, 1.54) is 6.08 Å². The monoisotopic (exact) mass is 515 g/mol. The van der Waals surface area contributed by atoms with Crippen LogP contribution in [0, 0.1) is 0 Å². The molecule has 0 atom stereocenters. The Morgan fingerprint density at radius 2 is 1.65 bits per heavy atom. The summed E-state index contributed by atoms with van der Waals surface area (Å²) in [6, 6.07) is 0. The largest absolute Gasteiger partial charge is 0.372 e. The summed E-state index contributed by atoms with van der Waals surface area (Å²) in [5.41, 5.74) is 0. The number of alkyl halides is 4. The molecule has 0 N–H and O–H groups in total. The highest BCUT2D eigenvalue weighted by Crippen LogP contribution is 2.58. The zero-order valence-corrected chi connectivity index (χ0v) is 16.8. The van der Waals surface area contributed by atoms with Gasteiger partial charge in [0, 0.05) is 18.9 Å². The Kier molecular flexibility index (Phi) is 10.3. The Hall–Kier alpha value is 1.56. The first-order valence-electron chi connectivity index (χ1n) is 5.06. The van der Waals surface area contributed by atoms with Gasteiger partial charge in [0.15, 0.2) is 7.49 Å². The van der Waals surface area contributed by atoms with Gasteiger partial charge in [-0.15, -0.1) is 0 Å². The molecule has 0 unspecified atom stereocenters. The van der Waals surface area contributed by atoms with Gasteiger partial charge in [0.05, 0.1) is 26.5 Å². The van der Waals surface area contributed by atoms with Crippen molar-refractivity contribution >= 4 is 77.2 Å². The summed E-state index contributed by atoms with van der Waals surface area (Å²) in [5, 5.41) is 0. The standard InChI is InChI=1S/C10H16Br4O2P/c1-3-10(15)16-17(2,6-4-8(11)12)7-5-9(13)14/h3,8-9H,1,4-7H2,2H3/q+1. The molecule has 0 aromatic heterocycles. The average molecular weight is 519 g/mol. The minimum atomic E-state index is -1.69. The van der Waals surface area contributed by atoms with E-state index in [1.807, 2.05) is 0 Å². The molecule has 0 aromatic rings. The summed E-state index contributed by atoms with van der Waals surface area (Å²) in [5.74, 6) is -0.317. The number of hydrogen-bond acceptors (Lipinski definition) is 2. The fraction of sp³-hybridized carbons (Fsp3) is 0.700. The normalized spacial score (nSPS) is 11.9. The van der Waals surface area contributed by atoms with Crippen molar-refractivity contribution in [2.45, 2.75) is 20.3 Å². The molecule has 0 radical (unpaired) electrons. The van der Waals surface area contributed by atoms with Gasteiger partial charge in [-0.05, 0) is 0 Å². The van der Waals surface area contributed by atoms with Gasteiger partial charge in [-0.3, -0.25) is 0 Å². The minimum Gasteiger partial charge on any atom is -0.309 e. The summed E-state index contributed by atoms with van der Waals surface area (Å²) in [6.45, 7) is 5.51. The van der Waals surface area contributed by atoms with Gasteiger partial charge in [0.25, 0.3) is 0 Å². The number of halogens is 4. The summed E-state index contributed by atoms with van der Waals surface area (Å²) in [4.78, 5) is 11.4. The van der Waals surface area contributed by atoms with E-state index in [-0.39, 0.29) is 13.4 Å². The SMILES string of the molecule is C=CC(=O)O[P+](C)(CCC(Br)Br)CCC(Br)Br. The molecule has 0 saturated heterocycles. The van der Waals surface area contributed by atoms with Crippen molar-refractivity contribution in [3.63, 3.8) is 0 Å². The molecule has 0 amide bonds. The summed E-state index contributed by atoms with van der Waals surface area (Å²) in [7, 11) is -1.69. The lowest BCUT2D eigenvalue weighted by Gasteiger charge is -2.21. The number of carbonyl (C=O) groups excluding carboxylic acids is 1. The number of rotatable bonds is 8. The molecule has 0 aromatic carbocycles. The number of carbonyl (C=O) groups is 1. The second kappa shape index (κ2) is 9.46. The van der Waals surface area contributed by atoms with Crippen LogP contribution in [0.1, 0.15) is 12.8 Å². The smallest absolute Gasteiger partial charge is 0.309 e. The zero-order chi connectivity index (χ0) is 13.5. The van der Waals surface area contributed by atoms with Gasteiger partial charge in [0.2, 0.25) is 0 Å². The maximum atomic E-state index is 11.4. The van der Waals surface area contributed by atoms with E-state index in [1.54, 1.807) is 0 Å². The van der Waals surface area contributed by atoms with Crippen molar-refractivity contribution < 1.29 is 9.32 Å². The topological polar surface area (TPSA) is 26.3 Å². The lowest BCUT2D eigenvalue weighted by molar-refractivity contribution is -0.128. The van der Waals surface area contributed by atoms with E-state index in [4.69, 9.17) is 4.52 Å². The van der Waals surface area contributed by atoms with Crippen LogP contribution in [0.15, 0.2) is 12.7 Å². The van der Waals surface area contributed by atoms with Gasteiger partial charge in [-0.1, -0.05) is 70.3 Å². The van der Waals surface area contributed by atoms with Crippen LogP contribution < -0.4 is 0 Å². The third-order valence-electron chi connectivity index (χ3n) is 2.12. The van der Waals surface area contributed by atoms with Crippen molar-refractivity contribution in [1.29, 1.82) is 0 Å². The predicted octanol–water partition coefficient (Wildman–Crippen LogP) is 5.29. The first-order chi connectivity index (χ1) is 7.79. The highest BCUT2D eigenvalue weighted by molar-refractivity contribution is 9.25. The third kappa shape index (κ3) is 10.1. The van der Waals surface area contributed by atoms with Gasteiger partial charge < -0.3 is 4.52 Å². The molecule has 7 heteroatoms. The van der Waals surface area contributed by atoms with Crippen molar-refractivity contribution in [3.8, 4) is 0 Å². The van der Waals surface area contributed by atoms with E-state index in [0.29, 0.717) is 0 Å². The maximum Gasteiger partial charge on any atom is 0.372 e. The Morgan fingerprint density at radius 3 is 1.94 bits per heavy atom. The summed E-state index contributed by atoms with van der Waals surface area (Å²) < 4.78 is 6.09. The quantitative estimate of drug-likeness (QED) is 0.248. The van der Waals surface area contributed by atoms with Crippen LogP contribution in [-0.4, -0.2) is 32.4 Å².